The molecule has 1 aliphatic rings. The predicted molar refractivity (Wildman–Crippen MR) is 89.3 cm³/mol. The number of aromatic nitrogens is 2. The van der Waals surface area contributed by atoms with Gasteiger partial charge in [0, 0.05) is 6.54 Å². The highest BCUT2D eigenvalue weighted by molar-refractivity contribution is 5.22. The third kappa shape index (κ3) is 5.24. The smallest absolute Gasteiger partial charge is 0.240 e. The standard InChI is InChI=1S/C18H24FN3O3/c1-22(10-13-4-2-3-5-16(13)23)11-18-20-17(21-25-18)12-24-15-8-6-14(19)7-9-15/h6-9,13,16,23H,2-5,10-12H2,1H3. The quantitative estimate of drug-likeness (QED) is 0.829. The Morgan fingerprint density at radius 2 is 2.04 bits per heavy atom. The number of benzene rings is 1. The molecule has 0 spiro atoms. The summed E-state index contributed by atoms with van der Waals surface area (Å²) in [6, 6.07) is 5.79. The zero-order chi connectivity index (χ0) is 17.6. The molecule has 0 radical (unpaired) electrons. The Kier molecular flexibility index (Phi) is 5.99. The molecule has 2 aromatic rings. The summed E-state index contributed by atoms with van der Waals surface area (Å²) in [4.78, 5) is 6.41. The summed E-state index contributed by atoms with van der Waals surface area (Å²) in [7, 11) is 1.99. The Morgan fingerprint density at radius 3 is 2.80 bits per heavy atom. The first kappa shape index (κ1) is 17.8. The summed E-state index contributed by atoms with van der Waals surface area (Å²) in [6.07, 6.45) is 4.04. The average Bonchev–Trinajstić information content (AvgIpc) is 3.04. The number of ether oxygens (including phenoxy) is 1. The highest BCUT2D eigenvalue weighted by Gasteiger charge is 2.24. The second kappa shape index (κ2) is 8.40. The number of aliphatic hydroxyl groups excluding tert-OH is 1. The van der Waals surface area contributed by atoms with Gasteiger partial charge in [-0.2, -0.15) is 4.98 Å². The van der Waals surface area contributed by atoms with Crippen molar-refractivity contribution in [1.29, 1.82) is 0 Å². The second-order valence-corrected chi connectivity index (χ2v) is 6.66. The summed E-state index contributed by atoms with van der Waals surface area (Å²) in [5.41, 5.74) is 0. The van der Waals surface area contributed by atoms with Crippen molar-refractivity contribution in [2.75, 3.05) is 13.6 Å². The first-order chi connectivity index (χ1) is 12.1. The van der Waals surface area contributed by atoms with Gasteiger partial charge in [-0.3, -0.25) is 4.90 Å². The summed E-state index contributed by atoms with van der Waals surface area (Å²) in [6.45, 7) is 1.51. The lowest BCUT2D eigenvalue weighted by molar-refractivity contribution is 0.0484. The molecule has 0 aliphatic heterocycles. The van der Waals surface area contributed by atoms with Gasteiger partial charge in [0.15, 0.2) is 6.61 Å². The number of nitrogens with zero attached hydrogens (tertiary/aromatic N) is 3. The van der Waals surface area contributed by atoms with Gasteiger partial charge in [-0.15, -0.1) is 0 Å². The molecule has 1 heterocycles. The number of hydrogen-bond donors (Lipinski definition) is 1. The molecule has 1 aromatic heterocycles. The van der Waals surface area contributed by atoms with Gasteiger partial charge in [-0.05, 0) is 50.1 Å². The molecule has 7 heteroatoms. The molecule has 25 heavy (non-hydrogen) atoms. The Balaban J connectivity index is 1.46. The summed E-state index contributed by atoms with van der Waals surface area (Å²) >= 11 is 0. The van der Waals surface area contributed by atoms with Crippen LogP contribution in [0.4, 0.5) is 4.39 Å². The summed E-state index contributed by atoms with van der Waals surface area (Å²) in [5, 5.41) is 14.0. The van der Waals surface area contributed by atoms with Gasteiger partial charge in [-0.1, -0.05) is 18.0 Å². The van der Waals surface area contributed by atoms with E-state index in [1.165, 1.54) is 18.6 Å². The van der Waals surface area contributed by atoms with Crippen LogP contribution in [0.25, 0.3) is 0 Å². The molecule has 1 N–H and O–H groups in total. The number of hydrogen-bond acceptors (Lipinski definition) is 6. The Labute approximate surface area is 146 Å². The fourth-order valence-corrected chi connectivity index (χ4v) is 3.19. The molecule has 1 aromatic carbocycles. The second-order valence-electron chi connectivity index (χ2n) is 6.66. The van der Waals surface area contributed by atoms with Gasteiger partial charge in [0.2, 0.25) is 11.7 Å². The molecule has 1 fully saturated rings. The lowest BCUT2D eigenvalue weighted by Gasteiger charge is -2.30. The first-order valence-electron chi connectivity index (χ1n) is 8.66. The maximum absolute atomic E-state index is 12.9. The maximum Gasteiger partial charge on any atom is 0.240 e. The van der Waals surface area contributed by atoms with E-state index in [9.17, 15) is 9.50 Å². The molecule has 3 rings (SSSR count). The van der Waals surface area contributed by atoms with E-state index >= 15 is 0 Å². The first-order valence-corrected chi connectivity index (χ1v) is 8.66. The van der Waals surface area contributed by atoms with Gasteiger partial charge in [0.05, 0.1) is 12.6 Å². The minimum absolute atomic E-state index is 0.167. The molecular formula is C18H24FN3O3. The van der Waals surface area contributed by atoms with Crippen molar-refractivity contribution in [2.24, 2.45) is 5.92 Å². The number of aliphatic hydroxyl groups is 1. The third-order valence-electron chi connectivity index (χ3n) is 4.51. The van der Waals surface area contributed by atoms with E-state index in [0.29, 0.717) is 29.9 Å². The molecule has 2 unspecified atom stereocenters. The Hall–Kier alpha value is -1.99. The van der Waals surface area contributed by atoms with Crippen LogP contribution in [-0.4, -0.2) is 39.8 Å². The van der Waals surface area contributed by atoms with Gasteiger partial charge >= 0.3 is 0 Å². The minimum Gasteiger partial charge on any atom is -0.485 e. The third-order valence-corrected chi connectivity index (χ3v) is 4.51. The fourth-order valence-electron chi connectivity index (χ4n) is 3.19. The van der Waals surface area contributed by atoms with E-state index < -0.39 is 0 Å². The Morgan fingerprint density at radius 1 is 1.28 bits per heavy atom. The molecule has 1 saturated carbocycles. The van der Waals surface area contributed by atoms with Crippen LogP contribution in [0.15, 0.2) is 28.8 Å². The van der Waals surface area contributed by atoms with E-state index in [1.807, 2.05) is 7.05 Å². The minimum atomic E-state index is -0.305. The van der Waals surface area contributed by atoms with Crippen molar-refractivity contribution in [3.63, 3.8) is 0 Å². The molecule has 1 aliphatic carbocycles. The van der Waals surface area contributed by atoms with E-state index in [-0.39, 0.29) is 18.5 Å². The summed E-state index contributed by atoms with van der Waals surface area (Å²) < 4.78 is 23.6. The van der Waals surface area contributed by atoms with Crippen molar-refractivity contribution in [1.82, 2.24) is 15.0 Å². The van der Waals surface area contributed by atoms with Gasteiger partial charge in [0.1, 0.15) is 11.6 Å². The van der Waals surface area contributed by atoms with Crippen LogP contribution in [0.1, 0.15) is 37.4 Å². The molecule has 0 saturated heterocycles. The topological polar surface area (TPSA) is 71.6 Å². The Bertz CT molecular complexity index is 662. The molecule has 2 atom stereocenters. The van der Waals surface area contributed by atoms with E-state index in [2.05, 4.69) is 15.0 Å². The zero-order valence-electron chi connectivity index (χ0n) is 14.4. The molecule has 0 bridgehead atoms. The van der Waals surface area contributed by atoms with Crippen molar-refractivity contribution in [2.45, 2.75) is 44.9 Å². The van der Waals surface area contributed by atoms with E-state index in [0.717, 1.165) is 25.8 Å². The van der Waals surface area contributed by atoms with Crippen LogP contribution in [0.5, 0.6) is 5.75 Å². The normalized spacial score (nSPS) is 20.8. The highest BCUT2D eigenvalue weighted by Crippen LogP contribution is 2.25. The molecular weight excluding hydrogens is 325 g/mol. The average molecular weight is 349 g/mol. The number of rotatable bonds is 7. The van der Waals surface area contributed by atoms with Crippen LogP contribution in [0.2, 0.25) is 0 Å². The fraction of sp³-hybridized carbons (Fsp3) is 0.556. The molecule has 6 nitrogen and oxygen atoms in total. The van der Waals surface area contributed by atoms with E-state index in [1.54, 1.807) is 12.1 Å². The van der Waals surface area contributed by atoms with Crippen molar-refractivity contribution >= 4 is 0 Å². The predicted octanol–water partition coefficient (Wildman–Crippen LogP) is 2.77. The number of halogens is 1. The summed E-state index contributed by atoms with van der Waals surface area (Å²) in [5.74, 6) is 1.52. The monoisotopic (exact) mass is 349 g/mol. The van der Waals surface area contributed by atoms with Crippen molar-refractivity contribution < 1.29 is 18.8 Å². The van der Waals surface area contributed by atoms with Gasteiger partial charge in [0.25, 0.3) is 0 Å². The van der Waals surface area contributed by atoms with Crippen LogP contribution < -0.4 is 4.74 Å². The van der Waals surface area contributed by atoms with Crippen LogP contribution in [-0.2, 0) is 13.2 Å². The highest BCUT2D eigenvalue weighted by atomic mass is 19.1. The molecule has 0 amide bonds. The van der Waals surface area contributed by atoms with Crippen LogP contribution in [0.3, 0.4) is 0 Å². The van der Waals surface area contributed by atoms with Gasteiger partial charge < -0.3 is 14.4 Å². The SMILES string of the molecule is CN(Cc1nc(COc2ccc(F)cc2)no1)CC1CCCCC1O. The maximum atomic E-state index is 12.9. The van der Waals surface area contributed by atoms with Crippen molar-refractivity contribution in [3.05, 3.63) is 41.8 Å². The van der Waals surface area contributed by atoms with Crippen LogP contribution >= 0.6 is 0 Å². The lowest BCUT2D eigenvalue weighted by Crippen LogP contribution is -2.34. The zero-order valence-corrected chi connectivity index (χ0v) is 14.4. The largest absolute Gasteiger partial charge is 0.485 e. The molecule has 136 valence electrons. The lowest BCUT2D eigenvalue weighted by atomic mass is 9.86. The van der Waals surface area contributed by atoms with Crippen LogP contribution in [0, 0.1) is 11.7 Å². The van der Waals surface area contributed by atoms with E-state index in [4.69, 9.17) is 9.26 Å². The van der Waals surface area contributed by atoms with Crippen molar-refractivity contribution in [3.8, 4) is 5.75 Å². The van der Waals surface area contributed by atoms with Gasteiger partial charge in [-0.25, -0.2) is 4.39 Å².